The molecule has 1 aromatic rings. The molecule has 0 aliphatic carbocycles. The molecule has 1 fully saturated rings. The molecule has 1 aromatic heterocycles. The summed E-state index contributed by atoms with van der Waals surface area (Å²) in [5.41, 5.74) is 7.13. The zero-order valence-corrected chi connectivity index (χ0v) is 19.4. The van der Waals surface area contributed by atoms with E-state index in [0.29, 0.717) is 16.1 Å². The van der Waals surface area contributed by atoms with Gasteiger partial charge in [0.05, 0.1) is 10.5 Å². The molecule has 5 N–H and O–H groups in total. The summed E-state index contributed by atoms with van der Waals surface area (Å²) in [7, 11) is 2.04. The van der Waals surface area contributed by atoms with Crippen LogP contribution in [0.4, 0.5) is 18.9 Å². The fraction of sp³-hybridized carbons (Fsp3) is 0.476. The van der Waals surface area contributed by atoms with Crippen LogP contribution in [0.15, 0.2) is 40.2 Å². The van der Waals surface area contributed by atoms with E-state index in [4.69, 9.17) is 15.9 Å². The van der Waals surface area contributed by atoms with Crippen LogP contribution in [-0.2, 0) is 4.79 Å². The first kappa shape index (κ1) is 24.9. The lowest BCUT2D eigenvalue weighted by atomic mass is 10.0. The number of carbonyl (C=O) groups is 1. The standard InChI is InChI=1S/C21H27F3N6O2S/c1-11-15(18(26)33-16(11)19(31)28-13-6-9-30(3)10-7-13)17(25)29-14-5-4-8-27-20(14)32-12(2)21(22,23)24/h4-5,8,12-13,26,29H,6-7,9-10,25H2,1-3H3,(H,28,31)/b17-15+,26-18?. The summed E-state index contributed by atoms with van der Waals surface area (Å²) in [6.07, 6.45) is -3.62. The molecule has 0 radical (unpaired) electrons. The summed E-state index contributed by atoms with van der Waals surface area (Å²) in [6, 6.07) is 3.05. The first-order valence-electron chi connectivity index (χ1n) is 10.4. The Kier molecular flexibility index (Phi) is 7.58. The van der Waals surface area contributed by atoms with Gasteiger partial charge in [-0.2, -0.15) is 13.2 Å². The number of likely N-dealkylation sites (tertiary alicyclic amines) is 1. The van der Waals surface area contributed by atoms with E-state index in [2.05, 4.69) is 20.5 Å². The summed E-state index contributed by atoms with van der Waals surface area (Å²) >= 11 is 1.00. The Balaban J connectivity index is 1.78. The Labute approximate surface area is 194 Å². The van der Waals surface area contributed by atoms with Gasteiger partial charge in [-0.05, 0) is 64.5 Å². The van der Waals surface area contributed by atoms with Gasteiger partial charge in [-0.3, -0.25) is 10.2 Å². The van der Waals surface area contributed by atoms with E-state index >= 15 is 0 Å². The number of anilines is 1. The van der Waals surface area contributed by atoms with Gasteiger partial charge in [-0.25, -0.2) is 4.98 Å². The van der Waals surface area contributed by atoms with Crippen molar-refractivity contribution in [1.82, 2.24) is 15.2 Å². The Morgan fingerprint density at radius 2 is 2.06 bits per heavy atom. The van der Waals surface area contributed by atoms with E-state index in [1.165, 1.54) is 18.3 Å². The van der Waals surface area contributed by atoms with Gasteiger partial charge in [0.25, 0.3) is 5.91 Å². The number of pyridine rings is 1. The van der Waals surface area contributed by atoms with E-state index < -0.39 is 12.3 Å². The fourth-order valence-electron chi connectivity index (χ4n) is 3.48. The number of halogens is 3. The molecule has 180 valence electrons. The van der Waals surface area contributed by atoms with Crippen molar-refractivity contribution in [2.45, 2.75) is 45.0 Å². The molecular formula is C21H27F3N6O2S. The number of hydrogen-bond acceptors (Lipinski definition) is 8. The molecule has 0 saturated carbocycles. The number of thioether (sulfide) groups is 1. The predicted molar refractivity (Wildman–Crippen MR) is 122 cm³/mol. The van der Waals surface area contributed by atoms with Gasteiger partial charge in [0.15, 0.2) is 6.10 Å². The second kappa shape index (κ2) is 10.0. The highest BCUT2D eigenvalue weighted by Gasteiger charge is 2.39. The number of rotatable bonds is 6. The Morgan fingerprint density at radius 1 is 1.39 bits per heavy atom. The monoisotopic (exact) mass is 484 g/mol. The van der Waals surface area contributed by atoms with Crippen LogP contribution in [0.25, 0.3) is 0 Å². The molecule has 1 unspecified atom stereocenters. The minimum absolute atomic E-state index is 0.0182. The topological polar surface area (TPSA) is 116 Å². The number of nitrogens with one attached hydrogen (secondary N) is 3. The van der Waals surface area contributed by atoms with Crippen LogP contribution in [0.5, 0.6) is 5.88 Å². The molecular weight excluding hydrogens is 457 g/mol. The third-order valence-electron chi connectivity index (χ3n) is 5.47. The number of nitrogens with zero attached hydrogens (tertiary/aromatic N) is 2. The van der Waals surface area contributed by atoms with E-state index in [0.717, 1.165) is 44.6 Å². The van der Waals surface area contributed by atoms with E-state index in [9.17, 15) is 18.0 Å². The minimum Gasteiger partial charge on any atom is -0.464 e. The molecule has 12 heteroatoms. The quantitative estimate of drug-likeness (QED) is 0.490. The summed E-state index contributed by atoms with van der Waals surface area (Å²) in [5.74, 6) is -0.515. The summed E-state index contributed by atoms with van der Waals surface area (Å²) in [4.78, 5) is 19.3. The van der Waals surface area contributed by atoms with Crippen molar-refractivity contribution in [3.63, 3.8) is 0 Å². The molecule has 0 bridgehead atoms. The first-order valence-corrected chi connectivity index (χ1v) is 11.2. The van der Waals surface area contributed by atoms with Crippen molar-refractivity contribution in [2.75, 3.05) is 25.5 Å². The maximum atomic E-state index is 12.9. The van der Waals surface area contributed by atoms with Gasteiger partial charge >= 0.3 is 6.18 Å². The van der Waals surface area contributed by atoms with Crippen molar-refractivity contribution in [3.05, 3.63) is 40.2 Å². The lowest BCUT2D eigenvalue weighted by Crippen LogP contribution is -2.43. The molecule has 8 nitrogen and oxygen atoms in total. The maximum absolute atomic E-state index is 12.9. The number of aromatic nitrogens is 1. The largest absolute Gasteiger partial charge is 0.464 e. The Hall–Kier alpha value is -2.73. The number of alkyl halides is 3. The highest BCUT2D eigenvalue weighted by molar-refractivity contribution is 8.18. The fourth-order valence-corrected chi connectivity index (χ4v) is 4.46. The van der Waals surface area contributed by atoms with Gasteiger partial charge in [0, 0.05) is 12.2 Å². The van der Waals surface area contributed by atoms with Crippen LogP contribution in [0.3, 0.4) is 0 Å². The van der Waals surface area contributed by atoms with Gasteiger partial charge in [-0.1, -0.05) is 11.8 Å². The maximum Gasteiger partial charge on any atom is 0.425 e. The number of amides is 1. The lowest BCUT2D eigenvalue weighted by Gasteiger charge is -2.29. The van der Waals surface area contributed by atoms with E-state index in [1.54, 1.807) is 6.92 Å². The SMILES string of the molecule is CC1=C(C(=O)NC2CCN(C)CC2)SC(=N)/C1=C(\N)Nc1cccnc1OC(C)C(F)(F)F. The van der Waals surface area contributed by atoms with Crippen molar-refractivity contribution >= 4 is 28.4 Å². The number of hydrogen-bond donors (Lipinski definition) is 4. The average Bonchev–Trinajstić information content (AvgIpc) is 3.04. The van der Waals surface area contributed by atoms with Crippen LogP contribution < -0.4 is 21.1 Å². The van der Waals surface area contributed by atoms with Gasteiger partial charge < -0.3 is 26.0 Å². The van der Waals surface area contributed by atoms with Crippen LogP contribution in [-0.4, -0.2) is 59.3 Å². The van der Waals surface area contributed by atoms with E-state index in [-0.39, 0.29) is 34.4 Å². The normalized spacial score (nSPS) is 20.6. The number of carbonyl (C=O) groups excluding carboxylic acids is 1. The van der Waals surface area contributed by atoms with E-state index in [1.807, 2.05) is 7.05 Å². The second-order valence-corrected chi connectivity index (χ2v) is 9.03. The lowest BCUT2D eigenvalue weighted by molar-refractivity contribution is -0.189. The van der Waals surface area contributed by atoms with Crippen molar-refractivity contribution in [3.8, 4) is 5.88 Å². The van der Waals surface area contributed by atoms with Gasteiger partial charge in [0.2, 0.25) is 5.88 Å². The average molecular weight is 485 g/mol. The van der Waals surface area contributed by atoms with Crippen molar-refractivity contribution < 1.29 is 22.7 Å². The van der Waals surface area contributed by atoms with Gasteiger partial charge in [0.1, 0.15) is 16.6 Å². The molecule has 0 spiro atoms. The first-order chi connectivity index (χ1) is 15.5. The third kappa shape index (κ3) is 5.99. The van der Waals surface area contributed by atoms with Crippen LogP contribution in [0.2, 0.25) is 0 Å². The zero-order valence-electron chi connectivity index (χ0n) is 18.5. The molecule has 0 aromatic carbocycles. The Morgan fingerprint density at radius 3 is 2.70 bits per heavy atom. The van der Waals surface area contributed by atoms with Crippen LogP contribution in [0.1, 0.15) is 26.7 Å². The predicted octanol–water partition coefficient (Wildman–Crippen LogP) is 3.20. The molecule has 3 rings (SSSR count). The summed E-state index contributed by atoms with van der Waals surface area (Å²) < 4.78 is 43.7. The number of piperidine rings is 1. The molecule has 33 heavy (non-hydrogen) atoms. The molecule has 1 saturated heterocycles. The molecule has 3 heterocycles. The third-order valence-corrected chi connectivity index (χ3v) is 6.57. The van der Waals surface area contributed by atoms with Crippen molar-refractivity contribution in [1.29, 1.82) is 5.41 Å². The number of nitrogens with two attached hydrogens (primary N) is 1. The van der Waals surface area contributed by atoms with Crippen LogP contribution in [0, 0.1) is 5.41 Å². The number of allylic oxidation sites excluding steroid dienone is 1. The van der Waals surface area contributed by atoms with Crippen LogP contribution >= 0.6 is 11.8 Å². The zero-order chi connectivity index (χ0) is 24.3. The summed E-state index contributed by atoms with van der Waals surface area (Å²) in [5, 5.41) is 14.2. The highest BCUT2D eigenvalue weighted by Crippen LogP contribution is 2.39. The van der Waals surface area contributed by atoms with Crippen molar-refractivity contribution in [2.24, 2.45) is 5.73 Å². The van der Waals surface area contributed by atoms with Gasteiger partial charge in [-0.15, -0.1) is 0 Å². The number of ether oxygens (including phenoxy) is 1. The molecule has 2 aliphatic rings. The Bertz CT molecular complexity index is 986. The molecule has 2 aliphatic heterocycles. The smallest absolute Gasteiger partial charge is 0.425 e. The minimum atomic E-state index is -4.56. The highest BCUT2D eigenvalue weighted by atomic mass is 32.2. The molecule has 1 amide bonds. The summed E-state index contributed by atoms with van der Waals surface area (Å²) in [6.45, 7) is 4.37. The second-order valence-electron chi connectivity index (χ2n) is 8.01. The molecule has 1 atom stereocenters.